The summed E-state index contributed by atoms with van der Waals surface area (Å²) in [6.07, 6.45) is 4.64. The predicted octanol–water partition coefficient (Wildman–Crippen LogP) is 3.17. The summed E-state index contributed by atoms with van der Waals surface area (Å²) in [5.74, 6) is 0.645. The first-order valence-corrected chi connectivity index (χ1v) is 10.2. The quantitative estimate of drug-likeness (QED) is 0.694. The van der Waals surface area contributed by atoms with Gasteiger partial charge in [0, 0.05) is 38.3 Å². The van der Waals surface area contributed by atoms with Crippen molar-refractivity contribution in [3.05, 3.63) is 22.8 Å². The van der Waals surface area contributed by atoms with E-state index in [4.69, 9.17) is 4.42 Å². The summed E-state index contributed by atoms with van der Waals surface area (Å²) in [4.78, 5) is 42.3. The molecule has 0 spiro atoms. The lowest BCUT2D eigenvalue weighted by atomic mass is 10.1. The van der Waals surface area contributed by atoms with Crippen molar-refractivity contribution in [3.8, 4) is 0 Å². The number of hydrogen-bond acceptors (Lipinski definition) is 6. The molecule has 7 nitrogen and oxygen atoms in total. The highest BCUT2D eigenvalue weighted by molar-refractivity contribution is 8.18. The van der Waals surface area contributed by atoms with E-state index in [0.717, 1.165) is 54.9 Å². The lowest BCUT2D eigenvalue weighted by Crippen LogP contribution is -2.44. The Balaban J connectivity index is 1.68. The summed E-state index contributed by atoms with van der Waals surface area (Å²) < 4.78 is 5.76. The van der Waals surface area contributed by atoms with Gasteiger partial charge in [-0.15, -0.1) is 0 Å². The summed E-state index contributed by atoms with van der Waals surface area (Å²) in [7, 11) is 0. The molecule has 0 aliphatic carbocycles. The Kier molecular flexibility index (Phi) is 6.26. The molecule has 2 fully saturated rings. The lowest BCUT2D eigenvalue weighted by Gasteiger charge is -2.27. The van der Waals surface area contributed by atoms with Crippen LogP contribution in [0.4, 0.5) is 10.7 Å². The van der Waals surface area contributed by atoms with E-state index in [2.05, 4.69) is 4.90 Å². The van der Waals surface area contributed by atoms with Gasteiger partial charge in [-0.2, -0.15) is 0 Å². The smallest absolute Gasteiger partial charge is 0.294 e. The third-order valence-corrected chi connectivity index (χ3v) is 5.74. The summed E-state index contributed by atoms with van der Waals surface area (Å²) in [6.45, 7) is 6.92. The van der Waals surface area contributed by atoms with Crippen LogP contribution in [0.15, 0.2) is 21.5 Å². The van der Waals surface area contributed by atoms with E-state index in [1.54, 1.807) is 17.0 Å². The first-order chi connectivity index (χ1) is 13.0. The molecule has 0 aromatic carbocycles. The Morgan fingerprint density at radius 3 is 2.56 bits per heavy atom. The van der Waals surface area contributed by atoms with Gasteiger partial charge >= 0.3 is 0 Å². The molecule has 1 aromatic heterocycles. The van der Waals surface area contributed by atoms with Crippen molar-refractivity contribution in [2.45, 2.75) is 33.1 Å². The molecule has 8 heteroatoms. The Labute approximate surface area is 163 Å². The van der Waals surface area contributed by atoms with Crippen LogP contribution in [0.2, 0.25) is 0 Å². The SMILES string of the molecule is CCN(CC)c1ccc(/C=C2\SC(=O)N(CC(=O)N3CCCCC3)C2=O)o1. The minimum Gasteiger partial charge on any atom is -0.441 e. The van der Waals surface area contributed by atoms with Crippen LogP contribution in [0.5, 0.6) is 0 Å². The van der Waals surface area contributed by atoms with Crippen LogP contribution in [-0.4, -0.2) is 59.6 Å². The average Bonchev–Trinajstić information content (AvgIpc) is 3.24. The number of anilines is 1. The largest absolute Gasteiger partial charge is 0.441 e. The summed E-state index contributed by atoms with van der Waals surface area (Å²) in [5, 5.41) is -0.410. The van der Waals surface area contributed by atoms with Gasteiger partial charge in [0.2, 0.25) is 5.91 Å². The van der Waals surface area contributed by atoms with Crippen LogP contribution in [0.1, 0.15) is 38.9 Å². The maximum atomic E-state index is 12.6. The molecule has 146 valence electrons. The molecule has 2 aliphatic rings. The number of imide groups is 1. The molecule has 1 aromatic rings. The molecule has 0 unspecified atom stereocenters. The van der Waals surface area contributed by atoms with Crippen molar-refractivity contribution < 1.29 is 18.8 Å². The molecule has 3 rings (SSSR count). The van der Waals surface area contributed by atoms with Crippen molar-refractivity contribution >= 4 is 40.8 Å². The Bertz CT molecular complexity index is 748. The standard InChI is InChI=1S/C19H25N3O4S/c1-3-20(4-2)17-9-8-14(26-17)12-15-18(24)22(19(25)27-15)13-16(23)21-10-6-5-7-11-21/h8-9,12H,3-7,10-11,13H2,1-2H3/b15-12-. The van der Waals surface area contributed by atoms with Gasteiger partial charge < -0.3 is 14.2 Å². The molecular formula is C19H25N3O4S. The molecule has 0 bridgehead atoms. The van der Waals surface area contributed by atoms with Crippen LogP contribution in [-0.2, 0) is 9.59 Å². The number of thioether (sulfide) groups is 1. The van der Waals surface area contributed by atoms with E-state index in [0.29, 0.717) is 18.8 Å². The molecule has 0 atom stereocenters. The summed E-state index contributed by atoms with van der Waals surface area (Å²) >= 11 is 0.849. The maximum Gasteiger partial charge on any atom is 0.294 e. The van der Waals surface area contributed by atoms with Crippen molar-refractivity contribution in [1.82, 2.24) is 9.80 Å². The average molecular weight is 391 g/mol. The monoisotopic (exact) mass is 391 g/mol. The second-order valence-electron chi connectivity index (χ2n) is 6.56. The zero-order chi connectivity index (χ0) is 19.4. The van der Waals surface area contributed by atoms with Gasteiger partial charge in [0.25, 0.3) is 11.1 Å². The first kappa shape index (κ1) is 19.5. The van der Waals surface area contributed by atoms with E-state index in [1.807, 2.05) is 19.9 Å². The Morgan fingerprint density at radius 1 is 1.19 bits per heavy atom. The summed E-state index contributed by atoms with van der Waals surface area (Å²) in [6, 6.07) is 3.63. The predicted molar refractivity (Wildman–Crippen MR) is 105 cm³/mol. The number of carbonyl (C=O) groups is 3. The topological polar surface area (TPSA) is 74.1 Å². The molecule has 0 saturated carbocycles. The number of nitrogens with zero attached hydrogens (tertiary/aromatic N) is 3. The molecule has 0 N–H and O–H groups in total. The zero-order valence-electron chi connectivity index (χ0n) is 15.8. The number of likely N-dealkylation sites (tertiary alicyclic amines) is 1. The number of carbonyl (C=O) groups excluding carboxylic acids is 3. The fourth-order valence-electron chi connectivity index (χ4n) is 3.27. The van der Waals surface area contributed by atoms with Crippen LogP contribution in [0.3, 0.4) is 0 Å². The highest BCUT2D eigenvalue weighted by Gasteiger charge is 2.37. The van der Waals surface area contributed by atoms with Crippen molar-refractivity contribution in [3.63, 3.8) is 0 Å². The molecule has 3 heterocycles. The Morgan fingerprint density at radius 2 is 1.89 bits per heavy atom. The normalized spacial score (nSPS) is 19.3. The summed E-state index contributed by atoms with van der Waals surface area (Å²) in [5.41, 5.74) is 0. The number of furan rings is 1. The van der Waals surface area contributed by atoms with E-state index in [1.165, 1.54) is 0 Å². The second kappa shape index (κ2) is 8.65. The minimum atomic E-state index is -0.434. The van der Waals surface area contributed by atoms with E-state index < -0.39 is 11.1 Å². The fourth-order valence-corrected chi connectivity index (χ4v) is 4.09. The van der Waals surface area contributed by atoms with Gasteiger partial charge in [0.1, 0.15) is 12.3 Å². The Hall–Kier alpha value is -2.22. The van der Waals surface area contributed by atoms with E-state index in [9.17, 15) is 14.4 Å². The number of hydrogen-bond donors (Lipinski definition) is 0. The number of amides is 3. The highest BCUT2D eigenvalue weighted by Crippen LogP contribution is 2.33. The molecule has 2 aliphatic heterocycles. The van der Waals surface area contributed by atoms with Crippen LogP contribution in [0.25, 0.3) is 6.08 Å². The molecule has 2 saturated heterocycles. The van der Waals surface area contributed by atoms with Gasteiger partial charge in [0.15, 0.2) is 5.88 Å². The fraction of sp³-hybridized carbons (Fsp3) is 0.526. The van der Waals surface area contributed by atoms with E-state index in [-0.39, 0.29) is 17.4 Å². The van der Waals surface area contributed by atoms with E-state index >= 15 is 0 Å². The first-order valence-electron chi connectivity index (χ1n) is 9.41. The molecule has 3 amide bonds. The van der Waals surface area contributed by atoms with Crippen LogP contribution >= 0.6 is 11.8 Å². The molecule has 0 radical (unpaired) electrons. The second-order valence-corrected chi connectivity index (χ2v) is 7.55. The van der Waals surface area contributed by atoms with Crippen LogP contribution < -0.4 is 4.90 Å². The minimum absolute atomic E-state index is 0.167. The number of piperidine rings is 1. The van der Waals surface area contributed by atoms with Gasteiger partial charge in [-0.1, -0.05) is 0 Å². The highest BCUT2D eigenvalue weighted by atomic mass is 32.2. The van der Waals surface area contributed by atoms with Gasteiger partial charge in [-0.05, 0) is 50.9 Å². The third kappa shape index (κ3) is 4.37. The van der Waals surface area contributed by atoms with Gasteiger partial charge in [0.05, 0.1) is 4.91 Å². The van der Waals surface area contributed by atoms with Crippen LogP contribution in [0, 0.1) is 0 Å². The van der Waals surface area contributed by atoms with Crippen molar-refractivity contribution in [2.24, 2.45) is 0 Å². The molecular weight excluding hydrogens is 366 g/mol. The van der Waals surface area contributed by atoms with Gasteiger partial charge in [-0.25, -0.2) is 0 Å². The zero-order valence-corrected chi connectivity index (χ0v) is 16.6. The maximum absolute atomic E-state index is 12.6. The third-order valence-electron chi connectivity index (χ3n) is 4.84. The van der Waals surface area contributed by atoms with Crippen molar-refractivity contribution in [2.75, 3.05) is 37.6 Å². The molecule has 27 heavy (non-hydrogen) atoms. The lowest BCUT2D eigenvalue weighted by molar-refractivity contribution is -0.136. The van der Waals surface area contributed by atoms with Crippen molar-refractivity contribution in [1.29, 1.82) is 0 Å². The van der Waals surface area contributed by atoms with Gasteiger partial charge in [-0.3, -0.25) is 19.3 Å². The number of rotatable bonds is 6.